The van der Waals surface area contributed by atoms with Gasteiger partial charge in [0.25, 0.3) is 0 Å². The van der Waals surface area contributed by atoms with E-state index in [0.29, 0.717) is 0 Å². The van der Waals surface area contributed by atoms with E-state index in [4.69, 9.17) is 4.74 Å². The fourth-order valence-corrected chi connectivity index (χ4v) is 3.99. The molecule has 0 bridgehead atoms. The number of ether oxygens (including phenoxy) is 1. The Morgan fingerprint density at radius 2 is 1.18 bits per heavy atom. The summed E-state index contributed by atoms with van der Waals surface area (Å²) in [6.07, 6.45) is 10.6. The van der Waals surface area contributed by atoms with Crippen molar-refractivity contribution in [1.29, 1.82) is 0 Å². The number of benzene rings is 3. The largest absolute Gasteiger partial charge is 0.472 e. The van der Waals surface area contributed by atoms with Crippen LogP contribution in [-0.4, -0.2) is 0 Å². The second-order valence-corrected chi connectivity index (χ2v) is 6.96. The average Bonchev–Trinajstić information content (AvgIpc) is 2.96. The summed E-state index contributed by atoms with van der Waals surface area (Å²) in [5.74, 6) is 0.918. The van der Waals surface area contributed by atoms with Crippen LogP contribution in [0.5, 0.6) is 0 Å². The maximum Gasteiger partial charge on any atom is 0.178 e. The number of hydrogen-bond acceptors (Lipinski definition) is 1. The van der Waals surface area contributed by atoms with Gasteiger partial charge in [-0.05, 0) is 11.6 Å². The monoisotopic (exact) mass is 360 g/mol. The van der Waals surface area contributed by atoms with Crippen LogP contribution in [0.4, 0.5) is 0 Å². The van der Waals surface area contributed by atoms with Gasteiger partial charge in [-0.15, -0.1) is 0 Å². The Bertz CT molecular complexity index is 1100. The van der Waals surface area contributed by atoms with E-state index in [1.54, 1.807) is 0 Å². The lowest BCUT2D eigenvalue weighted by Gasteiger charge is -2.29. The summed E-state index contributed by atoms with van der Waals surface area (Å²) in [6.45, 7) is 0. The van der Waals surface area contributed by atoms with Crippen LogP contribution in [-0.2, 0) is 10.3 Å². The molecule has 1 heterocycles. The van der Waals surface area contributed by atoms with Gasteiger partial charge in [0.15, 0.2) is 5.60 Å². The predicted octanol–water partition coefficient (Wildman–Crippen LogP) is 6.53. The van der Waals surface area contributed by atoms with Crippen LogP contribution in [0.1, 0.15) is 16.7 Å². The summed E-state index contributed by atoms with van der Waals surface area (Å²) in [4.78, 5) is 0. The first-order chi connectivity index (χ1) is 13.9. The SMILES string of the molecule is C1=CC=C2C(c3ccccc3)=C(c3ccccc3)OC2(c2ccccc2)C=C1. The first kappa shape index (κ1) is 16.6. The summed E-state index contributed by atoms with van der Waals surface area (Å²) in [7, 11) is 0. The van der Waals surface area contributed by atoms with Crippen molar-refractivity contribution in [3.8, 4) is 0 Å². The minimum absolute atomic E-state index is 0.638. The lowest BCUT2D eigenvalue weighted by molar-refractivity contribution is 0.143. The van der Waals surface area contributed by atoms with Crippen LogP contribution in [0, 0.1) is 0 Å². The molecule has 1 aliphatic heterocycles. The van der Waals surface area contributed by atoms with Gasteiger partial charge >= 0.3 is 0 Å². The van der Waals surface area contributed by atoms with Crippen LogP contribution in [0.25, 0.3) is 11.3 Å². The predicted molar refractivity (Wildman–Crippen MR) is 115 cm³/mol. The highest BCUT2D eigenvalue weighted by Crippen LogP contribution is 2.54. The highest BCUT2D eigenvalue weighted by Gasteiger charge is 2.45. The van der Waals surface area contributed by atoms with Gasteiger partial charge in [0.05, 0.1) is 0 Å². The maximum absolute atomic E-state index is 6.86. The summed E-state index contributed by atoms with van der Waals surface area (Å²) in [5, 5.41) is 0. The van der Waals surface area contributed by atoms with Crippen LogP contribution in [0.3, 0.4) is 0 Å². The average molecular weight is 360 g/mol. The molecule has 1 aliphatic carbocycles. The third-order valence-electron chi connectivity index (χ3n) is 5.28. The van der Waals surface area contributed by atoms with E-state index < -0.39 is 5.60 Å². The number of fused-ring (bicyclic) bond motifs is 1. The first-order valence-electron chi connectivity index (χ1n) is 9.55. The zero-order chi connectivity index (χ0) is 18.8. The molecule has 0 aromatic heterocycles. The molecule has 0 radical (unpaired) electrons. The van der Waals surface area contributed by atoms with E-state index in [2.05, 4.69) is 103 Å². The van der Waals surface area contributed by atoms with Crippen molar-refractivity contribution in [3.05, 3.63) is 144 Å². The summed E-state index contributed by atoms with van der Waals surface area (Å²) >= 11 is 0. The molecule has 3 aromatic carbocycles. The van der Waals surface area contributed by atoms with Gasteiger partial charge in [-0.1, -0.05) is 115 Å². The van der Waals surface area contributed by atoms with E-state index >= 15 is 0 Å². The van der Waals surface area contributed by atoms with E-state index in [0.717, 1.165) is 33.6 Å². The lowest BCUT2D eigenvalue weighted by atomic mass is 9.81. The van der Waals surface area contributed by atoms with Crippen molar-refractivity contribution < 1.29 is 4.74 Å². The van der Waals surface area contributed by atoms with Crippen molar-refractivity contribution in [2.75, 3.05) is 0 Å². The van der Waals surface area contributed by atoms with Crippen molar-refractivity contribution in [2.45, 2.75) is 5.60 Å². The summed E-state index contributed by atoms with van der Waals surface area (Å²) in [6, 6.07) is 31.4. The summed E-state index contributed by atoms with van der Waals surface area (Å²) < 4.78 is 6.86. The number of hydrogen-bond donors (Lipinski definition) is 0. The molecule has 2 aliphatic rings. The van der Waals surface area contributed by atoms with Crippen LogP contribution in [0.15, 0.2) is 127 Å². The molecule has 28 heavy (non-hydrogen) atoms. The van der Waals surface area contributed by atoms with Gasteiger partial charge < -0.3 is 4.74 Å². The van der Waals surface area contributed by atoms with Crippen molar-refractivity contribution in [2.24, 2.45) is 0 Å². The Kier molecular flexibility index (Phi) is 4.06. The van der Waals surface area contributed by atoms with Crippen LogP contribution >= 0.6 is 0 Å². The number of rotatable bonds is 3. The normalized spacial score (nSPS) is 20.4. The highest BCUT2D eigenvalue weighted by molar-refractivity contribution is 6.00. The van der Waals surface area contributed by atoms with E-state index in [1.165, 1.54) is 0 Å². The van der Waals surface area contributed by atoms with E-state index in [9.17, 15) is 0 Å². The van der Waals surface area contributed by atoms with Crippen LogP contribution in [0.2, 0.25) is 0 Å². The zero-order valence-corrected chi connectivity index (χ0v) is 15.5. The van der Waals surface area contributed by atoms with Gasteiger partial charge in [0.1, 0.15) is 5.76 Å². The van der Waals surface area contributed by atoms with Gasteiger partial charge in [-0.3, -0.25) is 0 Å². The third kappa shape index (κ3) is 2.64. The minimum Gasteiger partial charge on any atom is -0.472 e. The fourth-order valence-electron chi connectivity index (χ4n) is 3.99. The Hall–Kier alpha value is -3.58. The van der Waals surface area contributed by atoms with Gasteiger partial charge in [-0.25, -0.2) is 0 Å². The fraction of sp³-hybridized carbons (Fsp3) is 0.0370. The summed E-state index contributed by atoms with van der Waals surface area (Å²) in [5.41, 5.74) is 5.04. The smallest absolute Gasteiger partial charge is 0.178 e. The second kappa shape index (κ2) is 6.86. The minimum atomic E-state index is -0.638. The van der Waals surface area contributed by atoms with Gasteiger partial charge in [0.2, 0.25) is 0 Å². The Labute approximate surface area is 165 Å². The molecule has 0 N–H and O–H groups in total. The molecule has 1 nitrogen and oxygen atoms in total. The van der Waals surface area contributed by atoms with E-state index in [-0.39, 0.29) is 0 Å². The zero-order valence-electron chi connectivity index (χ0n) is 15.5. The maximum atomic E-state index is 6.86. The topological polar surface area (TPSA) is 9.23 Å². The molecule has 1 unspecified atom stereocenters. The molecular formula is C27H20O. The molecule has 134 valence electrons. The second-order valence-electron chi connectivity index (χ2n) is 6.96. The molecule has 0 amide bonds. The standard InChI is InChI=1S/C27H20O/c1-5-13-21(14-6-1)25-24-19-11-4-12-20-27(24,23-17-9-3-10-18-23)28-26(25)22-15-7-2-8-16-22/h1-20H. The Balaban J connectivity index is 1.80. The van der Waals surface area contributed by atoms with Crippen molar-refractivity contribution in [1.82, 2.24) is 0 Å². The molecule has 1 heteroatoms. The quantitative estimate of drug-likeness (QED) is 0.516. The lowest BCUT2D eigenvalue weighted by Crippen LogP contribution is -2.25. The number of allylic oxidation sites excluding steroid dienone is 4. The molecule has 0 saturated carbocycles. The molecule has 0 saturated heterocycles. The van der Waals surface area contributed by atoms with Crippen LogP contribution < -0.4 is 0 Å². The molecule has 0 fully saturated rings. The molecule has 1 atom stereocenters. The molecule has 0 spiro atoms. The van der Waals surface area contributed by atoms with Crippen molar-refractivity contribution >= 4 is 11.3 Å². The molecular weight excluding hydrogens is 340 g/mol. The van der Waals surface area contributed by atoms with Gasteiger partial charge in [0, 0.05) is 22.3 Å². The highest BCUT2D eigenvalue weighted by atomic mass is 16.5. The molecule has 5 rings (SSSR count). The Morgan fingerprint density at radius 3 is 1.86 bits per heavy atom. The van der Waals surface area contributed by atoms with Crippen molar-refractivity contribution in [3.63, 3.8) is 0 Å². The first-order valence-corrected chi connectivity index (χ1v) is 9.55. The van der Waals surface area contributed by atoms with E-state index in [1.807, 2.05) is 18.2 Å². The Morgan fingerprint density at radius 1 is 0.571 bits per heavy atom. The third-order valence-corrected chi connectivity index (χ3v) is 5.28. The molecule has 3 aromatic rings. The van der Waals surface area contributed by atoms with Gasteiger partial charge in [-0.2, -0.15) is 0 Å².